The Bertz CT molecular complexity index is 1000. The summed E-state index contributed by atoms with van der Waals surface area (Å²) in [5.74, 6) is 0.641. The van der Waals surface area contributed by atoms with E-state index >= 15 is 0 Å². The normalized spacial score (nSPS) is 22.2. The number of fused-ring (bicyclic) bond motifs is 1. The number of sulfonamides is 1. The zero-order chi connectivity index (χ0) is 22.0. The van der Waals surface area contributed by atoms with E-state index in [2.05, 4.69) is 35.1 Å². The lowest BCUT2D eigenvalue weighted by molar-refractivity contribution is 0.467. The number of halogens is 1. The molecule has 0 bridgehead atoms. The lowest BCUT2D eigenvalue weighted by atomic mass is 9.76. The van der Waals surface area contributed by atoms with Crippen LogP contribution >= 0.6 is 11.6 Å². The fraction of sp³-hybridized carbons (Fsp3) is 0.520. The highest BCUT2D eigenvalue weighted by atomic mass is 35.5. The predicted octanol–water partition coefficient (Wildman–Crippen LogP) is 4.59. The summed E-state index contributed by atoms with van der Waals surface area (Å²) in [6, 6.07) is 14.9. The molecular formula is C25H33ClN2O2S. The average Bonchev–Trinajstić information content (AvgIpc) is 3.59. The molecule has 0 aromatic heterocycles. The molecule has 2 aromatic carbocycles. The van der Waals surface area contributed by atoms with Crippen molar-refractivity contribution >= 4 is 21.6 Å². The number of nitrogens with one attached hydrogen (secondary N) is 1. The third kappa shape index (κ3) is 5.70. The molecule has 1 fully saturated rings. The van der Waals surface area contributed by atoms with Crippen LogP contribution in [0.15, 0.2) is 42.5 Å². The van der Waals surface area contributed by atoms with Gasteiger partial charge in [-0.05, 0) is 92.2 Å². The first kappa shape index (κ1) is 22.8. The molecule has 3 N–H and O–H groups in total. The lowest BCUT2D eigenvalue weighted by Gasteiger charge is -2.32. The van der Waals surface area contributed by atoms with Crippen LogP contribution in [0.2, 0.25) is 5.02 Å². The topological polar surface area (TPSA) is 72.2 Å². The Morgan fingerprint density at radius 3 is 2.52 bits per heavy atom. The highest BCUT2D eigenvalue weighted by molar-refractivity contribution is 7.90. The van der Waals surface area contributed by atoms with Crippen molar-refractivity contribution in [3.63, 3.8) is 0 Å². The Morgan fingerprint density at radius 2 is 1.81 bits per heavy atom. The molecule has 6 heteroatoms. The molecule has 4 rings (SSSR count). The number of nitrogens with two attached hydrogens (primary N) is 1. The molecule has 2 aliphatic rings. The largest absolute Gasteiger partial charge is 0.327 e. The third-order valence-electron chi connectivity index (χ3n) is 6.96. The van der Waals surface area contributed by atoms with Crippen molar-refractivity contribution in [3.05, 3.63) is 69.7 Å². The Labute approximate surface area is 191 Å². The highest BCUT2D eigenvalue weighted by Gasteiger charge is 2.36. The molecule has 0 radical (unpaired) electrons. The molecule has 0 aliphatic heterocycles. The fourth-order valence-corrected chi connectivity index (χ4v) is 6.32. The van der Waals surface area contributed by atoms with Crippen LogP contribution < -0.4 is 10.5 Å². The maximum absolute atomic E-state index is 12.4. The first-order valence-electron chi connectivity index (χ1n) is 11.4. The molecule has 3 atom stereocenters. The molecule has 0 heterocycles. The minimum absolute atomic E-state index is 0.147. The summed E-state index contributed by atoms with van der Waals surface area (Å²) >= 11 is 6.04. The van der Waals surface area contributed by atoms with Gasteiger partial charge in [-0.2, -0.15) is 0 Å². The maximum atomic E-state index is 12.4. The van der Waals surface area contributed by atoms with Gasteiger partial charge in [0.05, 0.1) is 5.25 Å². The molecule has 0 amide bonds. The third-order valence-corrected chi connectivity index (χ3v) is 9.19. The van der Waals surface area contributed by atoms with Crippen molar-refractivity contribution < 1.29 is 8.42 Å². The number of hydrogen-bond acceptors (Lipinski definition) is 3. The summed E-state index contributed by atoms with van der Waals surface area (Å²) < 4.78 is 27.5. The summed E-state index contributed by atoms with van der Waals surface area (Å²) in [5.41, 5.74) is 11.8. The van der Waals surface area contributed by atoms with Crippen LogP contribution in [0.3, 0.4) is 0 Å². The summed E-state index contributed by atoms with van der Waals surface area (Å²) in [6.07, 6.45) is 6.67. The first-order valence-corrected chi connectivity index (χ1v) is 13.4. The standard InChI is InChI=1S/C25H33ClN2O2S/c1-17(20-8-9-20)31(29,30)28-14-2-3-18-4-7-21-10-13-25(27)24(23(21)15-18)16-19-5-11-22(26)12-6-19/h4-7,11-12,15,17,20,24-25,28H,2-3,8-10,13-14,16,27H2,1H3. The van der Waals surface area contributed by atoms with Crippen LogP contribution in [0.5, 0.6) is 0 Å². The van der Waals surface area contributed by atoms with Gasteiger partial charge in [-0.1, -0.05) is 41.9 Å². The van der Waals surface area contributed by atoms with Crippen molar-refractivity contribution in [3.8, 4) is 0 Å². The molecule has 2 aliphatic carbocycles. The quantitative estimate of drug-likeness (QED) is 0.537. The molecular weight excluding hydrogens is 428 g/mol. The minimum atomic E-state index is -3.20. The summed E-state index contributed by atoms with van der Waals surface area (Å²) in [7, 11) is -3.20. The Balaban J connectivity index is 1.39. The van der Waals surface area contributed by atoms with E-state index in [1.807, 2.05) is 19.1 Å². The van der Waals surface area contributed by atoms with Crippen LogP contribution in [0.4, 0.5) is 0 Å². The van der Waals surface area contributed by atoms with E-state index in [1.165, 1.54) is 22.3 Å². The van der Waals surface area contributed by atoms with Crippen molar-refractivity contribution in [2.45, 2.75) is 69.1 Å². The Morgan fingerprint density at radius 1 is 1.10 bits per heavy atom. The molecule has 0 spiro atoms. The molecule has 3 unspecified atom stereocenters. The number of rotatable bonds is 9. The molecule has 2 aromatic rings. The van der Waals surface area contributed by atoms with E-state index in [0.29, 0.717) is 18.4 Å². The van der Waals surface area contributed by atoms with Crippen LogP contribution in [0.25, 0.3) is 0 Å². The van der Waals surface area contributed by atoms with Gasteiger partial charge < -0.3 is 5.73 Å². The van der Waals surface area contributed by atoms with Crippen LogP contribution in [-0.2, 0) is 29.3 Å². The van der Waals surface area contributed by atoms with Crippen LogP contribution in [0.1, 0.15) is 60.8 Å². The van der Waals surface area contributed by atoms with Gasteiger partial charge >= 0.3 is 0 Å². The number of aryl methyl sites for hydroxylation is 2. The zero-order valence-corrected chi connectivity index (χ0v) is 19.8. The van der Waals surface area contributed by atoms with Crippen molar-refractivity contribution in [1.82, 2.24) is 4.72 Å². The molecule has 0 saturated heterocycles. The molecule has 4 nitrogen and oxygen atoms in total. The molecule has 31 heavy (non-hydrogen) atoms. The van der Waals surface area contributed by atoms with Gasteiger partial charge in [0.1, 0.15) is 0 Å². The number of hydrogen-bond donors (Lipinski definition) is 2. The van der Waals surface area contributed by atoms with E-state index in [4.69, 9.17) is 17.3 Å². The number of benzene rings is 2. The van der Waals surface area contributed by atoms with Gasteiger partial charge in [-0.3, -0.25) is 0 Å². The van der Waals surface area contributed by atoms with E-state index in [0.717, 1.165) is 50.0 Å². The van der Waals surface area contributed by atoms with E-state index in [9.17, 15) is 8.42 Å². The molecule has 168 valence electrons. The SMILES string of the molecule is CC(C1CC1)S(=O)(=O)NCCCc1ccc2c(c1)C(Cc1ccc(Cl)cc1)C(N)CC2. The van der Waals surface area contributed by atoms with Gasteiger partial charge in [0.15, 0.2) is 0 Å². The Hall–Kier alpha value is -1.40. The first-order chi connectivity index (χ1) is 14.8. The second-order valence-electron chi connectivity index (χ2n) is 9.26. The van der Waals surface area contributed by atoms with E-state index in [-0.39, 0.29) is 11.3 Å². The minimum Gasteiger partial charge on any atom is -0.327 e. The smallest absolute Gasteiger partial charge is 0.214 e. The molecule has 1 saturated carbocycles. The van der Waals surface area contributed by atoms with Crippen LogP contribution in [-0.4, -0.2) is 26.3 Å². The lowest BCUT2D eigenvalue weighted by Crippen LogP contribution is -2.35. The van der Waals surface area contributed by atoms with Gasteiger partial charge in [0.25, 0.3) is 0 Å². The maximum Gasteiger partial charge on any atom is 0.214 e. The predicted molar refractivity (Wildman–Crippen MR) is 128 cm³/mol. The fourth-order valence-electron chi connectivity index (χ4n) is 4.72. The Kier molecular flexibility index (Phi) is 7.07. The van der Waals surface area contributed by atoms with Crippen molar-refractivity contribution in [1.29, 1.82) is 0 Å². The van der Waals surface area contributed by atoms with Crippen LogP contribution in [0, 0.1) is 5.92 Å². The summed E-state index contributed by atoms with van der Waals surface area (Å²) in [5, 5.41) is 0.480. The van der Waals surface area contributed by atoms with Crippen molar-refractivity contribution in [2.24, 2.45) is 11.7 Å². The van der Waals surface area contributed by atoms with Gasteiger partial charge in [-0.15, -0.1) is 0 Å². The monoisotopic (exact) mass is 460 g/mol. The highest BCUT2D eigenvalue weighted by Crippen LogP contribution is 2.36. The van der Waals surface area contributed by atoms with Gasteiger partial charge in [-0.25, -0.2) is 13.1 Å². The average molecular weight is 461 g/mol. The van der Waals surface area contributed by atoms with Gasteiger partial charge in [0, 0.05) is 23.5 Å². The second kappa shape index (κ2) is 9.62. The zero-order valence-electron chi connectivity index (χ0n) is 18.2. The second-order valence-corrected chi connectivity index (χ2v) is 11.8. The van der Waals surface area contributed by atoms with E-state index < -0.39 is 10.0 Å². The van der Waals surface area contributed by atoms with E-state index in [1.54, 1.807) is 0 Å². The summed E-state index contributed by atoms with van der Waals surface area (Å²) in [4.78, 5) is 0. The van der Waals surface area contributed by atoms with Crippen molar-refractivity contribution in [2.75, 3.05) is 6.54 Å². The summed E-state index contributed by atoms with van der Waals surface area (Å²) in [6.45, 7) is 2.32. The van der Waals surface area contributed by atoms with Gasteiger partial charge in [0.2, 0.25) is 10.0 Å².